The van der Waals surface area contributed by atoms with Crippen molar-refractivity contribution < 1.29 is 13.2 Å². The first-order valence-electron chi connectivity index (χ1n) is 10.1. The lowest BCUT2D eigenvalue weighted by Crippen LogP contribution is -2.37. The molecular weight excluding hydrogens is 372 g/mol. The lowest BCUT2D eigenvalue weighted by Gasteiger charge is -2.30. The van der Waals surface area contributed by atoms with Crippen molar-refractivity contribution in [3.63, 3.8) is 0 Å². The number of anilines is 1. The normalized spacial score (nSPS) is 17.9. The van der Waals surface area contributed by atoms with Crippen molar-refractivity contribution in [2.45, 2.75) is 55.9 Å². The minimum absolute atomic E-state index is 0.0333. The lowest BCUT2D eigenvalue weighted by molar-refractivity contribution is 0.0985. The highest BCUT2D eigenvalue weighted by atomic mass is 32.2. The first kappa shape index (κ1) is 19.2. The van der Waals surface area contributed by atoms with E-state index in [1.807, 2.05) is 30.3 Å². The third-order valence-corrected chi connectivity index (χ3v) is 7.19. The molecule has 0 bridgehead atoms. The van der Waals surface area contributed by atoms with E-state index in [-0.39, 0.29) is 11.9 Å². The molecule has 4 rings (SSSR count). The number of rotatable bonds is 4. The third-order valence-electron chi connectivity index (χ3n) is 5.67. The van der Waals surface area contributed by atoms with Crippen LogP contribution in [0.4, 0.5) is 5.69 Å². The highest BCUT2D eigenvalue weighted by Gasteiger charge is 2.27. The van der Waals surface area contributed by atoms with Crippen LogP contribution in [0, 0.1) is 0 Å². The molecule has 1 saturated carbocycles. The average Bonchev–Trinajstić information content (AvgIpc) is 2.73. The minimum atomic E-state index is -3.54. The molecule has 0 saturated heterocycles. The van der Waals surface area contributed by atoms with E-state index in [1.165, 1.54) is 6.42 Å². The van der Waals surface area contributed by atoms with Crippen LogP contribution in [0.2, 0.25) is 0 Å². The summed E-state index contributed by atoms with van der Waals surface area (Å²) in [5.41, 5.74) is 2.38. The molecule has 2 aliphatic rings. The molecule has 1 N–H and O–H groups in total. The molecule has 28 heavy (non-hydrogen) atoms. The maximum absolute atomic E-state index is 12.9. The highest BCUT2D eigenvalue weighted by molar-refractivity contribution is 7.89. The van der Waals surface area contributed by atoms with Crippen LogP contribution in [0.1, 0.15) is 54.4 Å². The summed E-state index contributed by atoms with van der Waals surface area (Å²) in [6, 6.07) is 14.4. The molecule has 148 valence electrons. The van der Waals surface area contributed by atoms with E-state index in [0.29, 0.717) is 17.0 Å². The van der Waals surface area contributed by atoms with Crippen LogP contribution in [0.15, 0.2) is 53.4 Å². The van der Waals surface area contributed by atoms with Gasteiger partial charge in [-0.25, -0.2) is 13.1 Å². The van der Waals surface area contributed by atoms with Gasteiger partial charge >= 0.3 is 0 Å². The largest absolute Gasteiger partial charge is 0.308 e. The third kappa shape index (κ3) is 3.98. The van der Waals surface area contributed by atoms with Crippen molar-refractivity contribution in [2.24, 2.45) is 0 Å². The van der Waals surface area contributed by atoms with E-state index >= 15 is 0 Å². The van der Waals surface area contributed by atoms with Crippen molar-refractivity contribution in [2.75, 3.05) is 11.4 Å². The smallest absolute Gasteiger partial charge is 0.258 e. The number of nitrogens with one attached hydrogen (secondary N) is 1. The first-order valence-corrected chi connectivity index (χ1v) is 11.5. The molecule has 5 nitrogen and oxygen atoms in total. The Kier molecular flexibility index (Phi) is 5.51. The molecule has 2 aromatic carbocycles. The summed E-state index contributed by atoms with van der Waals surface area (Å²) in [7, 11) is -3.54. The Hall–Kier alpha value is -2.18. The Bertz CT molecular complexity index is 951. The summed E-state index contributed by atoms with van der Waals surface area (Å²) in [5.74, 6) is -0.0440. The summed E-state index contributed by atoms with van der Waals surface area (Å²) >= 11 is 0. The second-order valence-corrected chi connectivity index (χ2v) is 9.39. The van der Waals surface area contributed by atoms with E-state index in [0.717, 1.165) is 49.8 Å². The Labute approximate surface area is 166 Å². The summed E-state index contributed by atoms with van der Waals surface area (Å²) in [4.78, 5) is 15.0. The number of carbonyl (C=O) groups is 1. The van der Waals surface area contributed by atoms with Gasteiger partial charge in [0.15, 0.2) is 0 Å². The van der Waals surface area contributed by atoms with Gasteiger partial charge < -0.3 is 4.90 Å². The fraction of sp³-hybridized carbons (Fsp3) is 0.409. The lowest BCUT2D eigenvalue weighted by atomic mass is 9.96. The first-order chi connectivity index (χ1) is 13.5. The van der Waals surface area contributed by atoms with Crippen LogP contribution in [-0.2, 0) is 16.4 Å². The topological polar surface area (TPSA) is 66.5 Å². The number of sulfonamides is 1. The molecule has 0 radical (unpaired) electrons. The number of aryl methyl sites for hydroxylation is 1. The van der Waals surface area contributed by atoms with Gasteiger partial charge in [-0.2, -0.15) is 0 Å². The zero-order chi connectivity index (χ0) is 19.6. The van der Waals surface area contributed by atoms with Crippen LogP contribution in [0.3, 0.4) is 0 Å². The second kappa shape index (κ2) is 8.05. The molecule has 2 aromatic rings. The van der Waals surface area contributed by atoms with Crippen molar-refractivity contribution in [3.8, 4) is 0 Å². The number of benzene rings is 2. The molecule has 1 aliphatic heterocycles. The average molecular weight is 399 g/mol. The SMILES string of the molecule is O=C(c1ccccc1)N1CCCc2cc(S(=O)(=O)NC3CCCCC3)ccc21. The molecular formula is C22H26N2O3S. The van der Waals surface area contributed by atoms with Gasteiger partial charge in [0, 0.05) is 23.8 Å². The Morgan fingerprint density at radius 3 is 2.46 bits per heavy atom. The Morgan fingerprint density at radius 1 is 0.964 bits per heavy atom. The maximum Gasteiger partial charge on any atom is 0.258 e. The van der Waals surface area contributed by atoms with Crippen molar-refractivity contribution in [1.29, 1.82) is 0 Å². The monoisotopic (exact) mass is 398 g/mol. The fourth-order valence-corrected chi connectivity index (χ4v) is 5.55. The maximum atomic E-state index is 12.9. The van der Waals surface area contributed by atoms with E-state index in [9.17, 15) is 13.2 Å². The van der Waals surface area contributed by atoms with E-state index in [1.54, 1.807) is 23.1 Å². The fourth-order valence-electron chi connectivity index (χ4n) is 4.20. The van der Waals surface area contributed by atoms with Gasteiger partial charge in [0.05, 0.1) is 4.90 Å². The molecule has 0 spiro atoms. The zero-order valence-electron chi connectivity index (χ0n) is 15.9. The number of hydrogen-bond donors (Lipinski definition) is 1. The molecule has 1 heterocycles. The zero-order valence-corrected chi connectivity index (χ0v) is 16.7. The number of amides is 1. The Morgan fingerprint density at radius 2 is 1.71 bits per heavy atom. The second-order valence-electron chi connectivity index (χ2n) is 7.67. The van der Waals surface area contributed by atoms with Gasteiger partial charge in [-0.3, -0.25) is 4.79 Å². The quantitative estimate of drug-likeness (QED) is 0.850. The molecule has 0 aromatic heterocycles. The van der Waals surface area contributed by atoms with E-state index < -0.39 is 10.0 Å². The van der Waals surface area contributed by atoms with Gasteiger partial charge in [0.1, 0.15) is 0 Å². The van der Waals surface area contributed by atoms with Crippen LogP contribution in [0.25, 0.3) is 0 Å². The number of fused-ring (bicyclic) bond motifs is 1. The predicted molar refractivity (Wildman–Crippen MR) is 110 cm³/mol. The van der Waals surface area contributed by atoms with Gasteiger partial charge in [-0.15, -0.1) is 0 Å². The summed E-state index contributed by atoms with van der Waals surface area (Å²) in [6.07, 6.45) is 6.75. The molecule has 0 atom stereocenters. The highest BCUT2D eigenvalue weighted by Crippen LogP contribution is 2.31. The van der Waals surface area contributed by atoms with Gasteiger partial charge in [0.2, 0.25) is 10.0 Å². The standard InChI is InChI=1S/C22H26N2O3S/c25-22(17-8-3-1-4-9-17)24-15-7-10-18-16-20(13-14-21(18)24)28(26,27)23-19-11-5-2-6-12-19/h1,3-4,8-9,13-14,16,19,23H,2,5-7,10-12,15H2. The van der Waals surface area contributed by atoms with E-state index in [4.69, 9.17) is 0 Å². The van der Waals surface area contributed by atoms with Crippen LogP contribution in [0.5, 0.6) is 0 Å². The number of nitrogens with zero attached hydrogens (tertiary/aromatic N) is 1. The van der Waals surface area contributed by atoms with Crippen LogP contribution >= 0.6 is 0 Å². The molecule has 0 unspecified atom stereocenters. The van der Waals surface area contributed by atoms with Crippen LogP contribution in [-0.4, -0.2) is 26.9 Å². The molecule has 1 aliphatic carbocycles. The van der Waals surface area contributed by atoms with Crippen LogP contribution < -0.4 is 9.62 Å². The van der Waals surface area contributed by atoms with Crippen molar-refractivity contribution in [1.82, 2.24) is 4.72 Å². The molecule has 6 heteroatoms. The van der Waals surface area contributed by atoms with Gasteiger partial charge in [-0.1, -0.05) is 37.5 Å². The molecule has 1 amide bonds. The van der Waals surface area contributed by atoms with Gasteiger partial charge in [0.25, 0.3) is 5.91 Å². The number of hydrogen-bond acceptors (Lipinski definition) is 3. The molecule has 1 fully saturated rings. The number of carbonyl (C=O) groups excluding carboxylic acids is 1. The van der Waals surface area contributed by atoms with E-state index in [2.05, 4.69) is 4.72 Å². The summed E-state index contributed by atoms with van der Waals surface area (Å²) < 4.78 is 28.5. The van der Waals surface area contributed by atoms with Crippen molar-refractivity contribution >= 4 is 21.6 Å². The minimum Gasteiger partial charge on any atom is -0.308 e. The predicted octanol–water partition coefficient (Wildman–Crippen LogP) is 3.89. The van der Waals surface area contributed by atoms with Gasteiger partial charge in [-0.05, 0) is 61.6 Å². The Balaban J connectivity index is 1.58. The summed E-state index contributed by atoms with van der Waals surface area (Å²) in [5, 5.41) is 0. The summed E-state index contributed by atoms with van der Waals surface area (Å²) in [6.45, 7) is 0.646. The van der Waals surface area contributed by atoms with Crippen molar-refractivity contribution in [3.05, 3.63) is 59.7 Å².